The Morgan fingerprint density at radius 3 is 2.61 bits per heavy atom. The molecule has 2 heterocycles. The lowest BCUT2D eigenvalue weighted by Crippen LogP contribution is -2.27. The normalized spacial score (nSPS) is 16.2. The van der Waals surface area contributed by atoms with Crippen LogP contribution in [0.5, 0.6) is 0 Å². The van der Waals surface area contributed by atoms with Crippen molar-refractivity contribution in [3.8, 4) is 0 Å². The molecule has 0 amide bonds. The van der Waals surface area contributed by atoms with E-state index in [1.54, 1.807) is 30.5 Å². The Morgan fingerprint density at radius 2 is 2.00 bits per heavy atom. The van der Waals surface area contributed by atoms with Gasteiger partial charge in [-0.25, -0.2) is 13.1 Å². The maximum absolute atomic E-state index is 11.7. The van der Waals surface area contributed by atoms with E-state index in [0.717, 1.165) is 54.2 Å². The molecule has 1 aromatic heterocycles. The molecule has 0 unspecified atom stereocenters. The largest absolute Gasteiger partial charge is 0.372 e. The lowest BCUT2D eigenvalue weighted by molar-refractivity contribution is 0.377. The van der Waals surface area contributed by atoms with Crippen molar-refractivity contribution in [2.75, 3.05) is 37.0 Å². The van der Waals surface area contributed by atoms with Crippen LogP contribution in [-0.2, 0) is 9.84 Å². The molecule has 0 aliphatic carbocycles. The van der Waals surface area contributed by atoms with Gasteiger partial charge in [-0.15, -0.1) is 0 Å². The lowest BCUT2D eigenvalue weighted by atomic mass is 9.94. The van der Waals surface area contributed by atoms with Gasteiger partial charge in [0.1, 0.15) is 11.6 Å². The van der Waals surface area contributed by atoms with Gasteiger partial charge in [0.25, 0.3) is 0 Å². The molecule has 28 heavy (non-hydrogen) atoms. The minimum Gasteiger partial charge on any atom is -0.372 e. The quantitative estimate of drug-likeness (QED) is 0.578. The third-order valence-electron chi connectivity index (χ3n) is 4.85. The highest BCUT2D eigenvalue weighted by Gasteiger charge is 2.15. The second-order valence-electron chi connectivity index (χ2n) is 6.94. The Kier molecular flexibility index (Phi) is 6.79. The molecule has 0 saturated carbocycles. The van der Waals surface area contributed by atoms with Gasteiger partial charge in [0.05, 0.1) is 15.6 Å². The number of nitrogens with zero attached hydrogens (tertiary/aromatic N) is 2. The Labute approximate surface area is 174 Å². The maximum Gasteiger partial charge on any atom is 0.175 e. The van der Waals surface area contributed by atoms with E-state index in [9.17, 15) is 8.42 Å². The molecular weight excluding hydrogens is 442 g/mol. The number of rotatable bonds is 7. The van der Waals surface area contributed by atoms with Crippen molar-refractivity contribution in [2.24, 2.45) is 5.92 Å². The molecule has 152 valence electrons. The van der Waals surface area contributed by atoms with Crippen LogP contribution in [0.2, 0.25) is 0 Å². The smallest absolute Gasteiger partial charge is 0.175 e. The van der Waals surface area contributed by atoms with Gasteiger partial charge < -0.3 is 16.0 Å². The fourth-order valence-corrected chi connectivity index (χ4v) is 4.34. The minimum absolute atomic E-state index is 0.302. The number of anilines is 2. The van der Waals surface area contributed by atoms with Crippen LogP contribution in [0.3, 0.4) is 0 Å². The summed E-state index contributed by atoms with van der Waals surface area (Å²) in [6.07, 6.45) is 8.40. The highest BCUT2D eigenvalue weighted by molar-refractivity contribution is 9.10. The van der Waals surface area contributed by atoms with Crippen molar-refractivity contribution >= 4 is 43.1 Å². The van der Waals surface area contributed by atoms with Gasteiger partial charge >= 0.3 is 0 Å². The Bertz CT molecular complexity index is 932. The molecule has 9 heteroatoms. The third kappa shape index (κ3) is 5.15. The number of hydrogen-bond donors (Lipinski definition) is 3. The van der Waals surface area contributed by atoms with Crippen molar-refractivity contribution in [2.45, 2.75) is 24.2 Å². The van der Waals surface area contributed by atoms with Crippen molar-refractivity contribution in [1.29, 1.82) is 0 Å². The van der Waals surface area contributed by atoms with E-state index in [0.29, 0.717) is 10.8 Å². The molecule has 0 bridgehead atoms. The molecule has 1 fully saturated rings. The van der Waals surface area contributed by atoms with E-state index in [2.05, 4.69) is 43.1 Å². The highest BCUT2D eigenvalue weighted by Crippen LogP contribution is 2.27. The zero-order chi connectivity index (χ0) is 20.1. The SMILES string of the molecule is CNc1c(Br)cnn1/C(=C\CC1CCNCC1)Nc1ccc(S(C)(=O)=O)cc1. The van der Waals surface area contributed by atoms with Crippen LogP contribution in [0.4, 0.5) is 11.5 Å². The summed E-state index contributed by atoms with van der Waals surface area (Å²) in [5.41, 5.74) is 0.803. The third-order valence-corrected chi connectivity index (χ3v) is 6.56. The van der Waals surface area contributed by atoms with Crippen LogP contribution in [-0.4, -0.2) is 44.6 Å². The Hall–Kier alpha value is -1.84. The summed E-state index contributed by atoms with van der Waals surface area (Å²) in [4.78, 5) is 0.302. The fourth-order valence-electron chi connectivity index (χ4n) is 3.26. The Balaban J connectivity index is 1.87. The van der Waals surface area contributed by atoms with E-state index in [1.807, 2.05) is 11.7 Å². The predicted octanol–water partition coefficient (Wildman–Crippen LogP) is 3.39. The second kappa shape index (κ2) is 9.11. The average molecular weight is 468 g/mol. The molecule has 2 aromatic rings. The number of benzene rings is 1. The first-order valence-electron chi connectivity index (χ1n) is 9.28. The molecule has 3 N–H and O–H groups in total. The molecule has 7 nitrogen and oxygen atoms in total. The van der Waals surface area contributed by atoms with Gasteiger partial charge in [-0.2, -0.15) is 5.10 Å². The molecule has 1 saturated heterocycles. The standard InChI is InChI=1S/C19H26BrN5O2S/c1-21-19-17(20)13-23-25(19)18(8-3-14-9-11-22-12-10-14)24-15-4-6-16(7-5-15)28(2,26)27/h4-8,13-14,21-22,24H,3,9-12H2,1-2H3/b18-8-. The van der Waals surface area contributed by atoms with Crippen LogP contribution in [0.15, 0.2) is 45.9 Å². The summed E-state index contributed by atoms with van der Waals surface area (Å²) >= 11 is 3.51. The number of piperidine rings is 1. The molecule has 0 spiro atoms. The van der Waals surface area contributed by atoms with Crippen molar-refractivity contribution in [3.63, 3.8) is 0 Å². The van der Waals surface area contributed by atoms with E-state index in [-0.39, 0.29) is 0 Å². The molecule has 1 aliphatic rings. The van der Waals surface area contributed by atoms with Gasteiger partial charge in [0.2, 0.25) is 0 Å². The van der Waals surface area contributed by atoms with E-state index < -0.39 is 9.84 Å². The zero-order valence-electron chi connectivity index (χ0n) is 16.1. The van der Waals surface area contributed by atoms with Crippen molar-refractivity contribution in [1.82, 2.24) is 15.1 Å². The lowest BCUT2D eigenvalue weighted by Gasteiger charge is -2.22. The monoisotopic (exact) mass is 467 g/mol. The van der Waals surface area contributed by atoms with Crippen LogP contribution in [0.25, 0.3) is 5.82 Å². The number of allylic oxidation sites excluding steroid dienone is 1. The number of nitrogens with one attached hydrogen (secondary N) is 3. The summed E-state index contributed by atoms with van der Waals surface area (Å²) in [6.45, 7) is 2.12. The summed E-state index contributed by atoms with van der Waals surface area (Å²) < 4.78 is 26.1. The van der Waals surface area contributed by atoms with Gasteiger partial charge in [-0.3, -0.25) is 0 Å². The summed E-state index contributed by atoms with van der Waals surface area (Å²) in [5, 5.41) is 14.4. The second-order valence-corrected chi connectivity index (χ2v) is 9.81. The van der Waals surface area contributed by atoms with E-state index in [1.165, 1.54) is 6.26 Å². The molecule has 3 rings (SSSR count). The van der Waals surface area contributed by atoms with Gasteiger partial charge in [0.15, 0.2) is 9.84 Å². The van der Waals surface area contributed by atoms with Crippen LogP contribution in [0.1, 0.15) is 19.3 Å². The zero-order valence-corrected chi connectivity index (χ0v) is 18.5. The van der Waals surface area contributed by atoms with Gasteiger partial charge in [0, 0.05) is 19.0 Å². The topological polar surface area (TPSA) is 88.1 Å². The molecule has 0 radical (unpaired) electrons. The number of aromatic nitrogens is 2. The van der Waals surface area contributed by atoms with Crippen LogP contribution in [0, 0.1) is 5.92 Å². The maximum atomic E-state index is 11.7. The summed E-state index contributed by atoms with van der Waals surface area (Å²) in [5.74, 6) is 2.32. The first-order valence-corrected chi connectivity index (χ1v) is 12.0. The van der Waals surface area contributed by atoms with Crippen LogP contribution >= 0.6 is 15.9 Å². The first kappa shape index (κ1) is 20.9. The van der Waals surface area contributed by atoms with Gasteiger partial charge in [-0.05, 0) is 84.5 Å². The van der Waals surface area contributed by atoms with Crippen molar-refractivity contribution < 1.29 is 8.42 Å². The average Bonchev–Trinajstić information content (AvgIpc) is 3.06. The summed E-state index contributed by atoms with van der Waals surface area (Å²) in [6, 6.07) is 6.76. The molecule has 1 aliphatic heterocycles. The first-order chi connectivity index (χ1) is 13.4. The number of sulfone groups is 1. The summed E-state index contributed by atoms with van der Waals surface area (Å²) in [7, 11) is -1.36. The highest BCUT2D eigenvalue weighted by atomic mass is 79.9. The molecular formula is C19H26BrN5O2S. The molecule has 1 aromatic carbocycles. The fraction of sp³-hybridized carbons (Fsp3) is 0.421. The van der Waals surface area contributed by atoms with E-state index in [4.69, 9.17) is 0 Å². The Morgan fingerprint density at radius 1 is 1.32 bits per heavy atom. The van der Waals surface area contributed by atoms with Crippen molar-refractivity contribution in [3.05, 3.63) is 41.0 Å². The number of hydrogen-bond acceptors (Lipinski definition) is 6. The van der Waals surface area contributed by atoms with Crippen LogP contribution < -0.4 is 16.0 Å². The molecule has 0 atom stereocenters. The van der Waals surface area contributed by atoms with Gasteiger partial charge in [-0.1, -0.05) is 0 Å². The van der Waals surface area contributed by atoms with E-state index >= 15 is 0 Å². The number of halogens is 1. The minimum atomic E-state index is -3.21. The predicted molar refractivity (Wildman–Crippen MR) is 117 cm³/mol.